The standard InChI is InChI=1S/C19H24BrNO5/c1-4-21(19(23)24)12-6-9-11(20)7-13(25-3)17-14(9)15-10(12)5-8(2)16(22)18(15)26-17/h7-8,10,12,15-16,18,22H,4-6H2,1-3H3,(H,23,24)/t8-,10+,12-,15?,16+,18-/m1/s1. The monoisotopic (exact) mass is 425 g/mol. The number of halogens is 1. The van der Waals surface area contributed by atoms with Crippen LogP contribution in [0.3, 0.4) is 0 Å². The summed E-state index contributed by atoms with van der Waals surface area (Å²) in [4.78, 5) is 13.4. The Bertz CT molecular complexity index is 754. The van der Waals surface area contributed by atoms with Crippen LogP contribution < -0.4 is 9.47 Å². The number of methoxy groups -OCH3 is 1. The SMILES string of the molecule is CCN(C(=O)O)[C@@H]1Cc2c(Br)cc(OC)c3c2C2[C@H]1C[C@@H](C)[C@H](O)[C@@H]2O3. The average molecular weight is 426 g/mol. The van der Waals surface area contributed by atoms with Gasteiger partial charge in [0.05, 0.1) is 13.2 Å². The molecule has 0 saturated heterocycles. The van der Waals surface area contributed by atoms with Crippen LogP contribution in [0.5, 0.6) is 11.5 Å². The Morgan fingerprint density at radius 3 is 2.85 bits per heavy atom. The van der Waals surface area contributed by atoms with Crippen LogP contribution in [0.25, 0.3) is 0 Å². The van der Waals surface area contributed by atoms with Gasteiger partial charge in [0.1, 0.15) is 6.10 Å². The number of rotatable bonds is 3. The number of hydrogen-bond acceptors (Lipinski definition) is 4. The van der Waals surface area contributed by atoms with Gasteiger partial charge in [-0.3, -0.25) is 0 Å². The van der Waals surface area contributed by atoms with Crippen LogP contribution in [0, 0.1) is 11.8 Å². The van der Waals surface area contributed by atoms with E-state index in [0.717, 1.165) is 27.8 Å². The molecule has 26 heavy (non-hydrogen) atoms. The lowest BCUT2D eigenvalue weighted by molar-refractivity contribution is -0.0606. The lowest BCUT2D eigenvalue weighted by Gasteiger charge is -2.48. The first-order valence-corrected chi connectivity index (χ1v) is 9.91. The molecule has 6 atom stereocenters. The van der Waals surface area contributed by atoms with Crippen molar-refractivity contribution in [3.63, 3.8) is 0 Å². The largest absolute Gasteiger partial charge is 0.493 e. The number of likely N-dealkylation sites (N-methyl/N-ethyl adjacent to an activating group) is 1. The third-order valence-corrected chi connectivity index (χ3v) is 7.13. The van der Waals surface area contributed by atoms with Gasteiger partial charge in [-0.1, -0.05) is 22.9 Å². The summed E-state index contributed by atoms with van der Waals surface area (Å²) in [6.07, 6.45) is -0.379. The van der Waals surface area contributed by atoms with E-state index in [1.807, 2.05) is 19.9 Å². The molecule has 1 unspecified atom stereocenters. The molecule has 2 N–H and O–H groups in total. The normalized spacial score (nSPS) is 34.0. The molecule has 0 radical (unpaired) electrons. The second-order valence-electron chi connectivity index (χ2n) is 7.60. The third kappa shape index (κ3) is 2.36. The Balaban J connectivity index is 1.89. The summed E-state index contributed by atoms with van der Waals surface area (Å²) in [5.74, 6) is 1.55. The van der Waals surface area contributed by atoms with E-state index in [-0.39, 0.29) is 29.9 Å². The molecule has 2 aliphatic carbocycles. The number of aliphatic hydroxyl groups excluding tert-OH is 1. The Morgan fingerprint density at radius 1 is 1.50 bits per heavy atom. The van der Waals surface area contributed by atoms with E-state index < -0.39 is 12.2 Å². The van der Waals surface area contributed by atoms with Gasteiger partial charge < -0.3 is 24.6 Å². The summed E-state index contributed by atoms with van der Waals surface area (Å²) in [6, 6.07) is 1.77. The molecule has 1 aliphatic heterocycles. The quantitative estimate of drug-likeness (QED) is 0.776. The zero-order valence-electron chi connectivity index (χ0n) is 15.1. The number of amides is 1. The zero-order valence-corrected chi connectivity index (χ0v) is 16.7. The fourth-order valence-corrected chi connectivity index (χ4v) is 5.85. The molecule has 3 aliphatic rings. The minimum Gasteiger partial charge on any atom is -0.493 e. The van der Waals surface area contributed by atoms with Crippen molar-refractivity contribution in [2.24, 2.45) is 11.8 Å². The van der Waals surface area contributed by atoms with Crippen molar-refractivity contribution in [2.75, 3.05) is 13.7 Å². The predicted octanol–water partition coefficient (Wildman–Crippen LogP) is 3.24. The summed E-state index contributed by atoms with van der Waals surface area (Å²) in [6.45, 7) is 4.34. The third-order valence-electron chi connectivity index (χ3n) is 6.42. The van der Waals surface area contributed by atoms with Crippen LogP contribution in [0.1, 0.15) is 37.3 Å². The van der Waals surface area contributed by atoms with Crippen molar-refractivity contribution in [3.8, 4) is 11.5 Å². The summed E-state index contributed by atoms with van der Waals surface area (Å²) in [5.41, 5.74) is 2.17. The van der Waals surface area contributed by atoms with Gasteiger partial charge in [0.25, 0.3) is 0 Å². The molecular formula is C19H24BrNO5. The van der Waals surface area contributed by atoms with Gasteiger partial charge in [0.2, 0.25) is 0 Å². The molecule has 7 heteroatoms. The first-order chi connectivity index (χ1) is 12.4. The molecular weight excluding hydrogens is 402 g/mol. The summed E-state index contributed by atoms with van der Waals surface area (Å²) >= 11 is 3.64. The van der Waals surface area contributed by atoms with Crippen LogP contribution in [-0.2, 0) is 6.42 Å². The minimum atomic E-state index is -0.889. The molecule has 1 aromatic carbocycles. The molecule has 1 fully saturated rings. The summed E-state index contributed by atoms with van der Waals surface area (Å²) < 4.78 is 12.6. The highest BCUT2D eigenvalue weighted by atomic mass is 79.9. The van der Waals surface area contributed by atoms with E-state index in [9.17, 15) is 15.0 Å². The van der Waals surface area contributed by atoms with Crippen molar-refractivity contribution in [2.45, 2.75) is 50.9 Å². The molecule has 6 nitrogen and oxygen atoms in total. The Kier molecular flexibility index (Phi) is 4.34. The minimum absolute atomic E-state index is 0.00949. The number of benzene rings is 1. The maximum absolute atomic E-state index is 11.9. The second kappa shape index (κ2) is 6.30. The highest BCUT2D eigenvalue weighted by Gasteiger charge is 2.56. The number of carboxylic acid groups (broad SMARTS) is 1. The van der Waals surface area contributed by atoms with E-state index in [0.29, 0.717) is 18.7 Å². The van der Waals surface area contributed by atoms with Crippen LogP contribution >= 0.6 is 15.9 Å². The smallest absolute Gasteiger partial charge is 0.407 e. The molecule has 142 valence electrons. The van der Waals surface area contributed by atoms with Gasteiger partial charge in [0.15, 0.2) is 11.5 Å². The van der Waals surface area contributed by atoms with Gasteiger partial charge in [-0.05, 0) is 43.2 Å². The van der Waals surface area contributed by atoms with Crippen molar-refractivity contribution >= 4 is 22.0 Å². The highest BCUT2D eigenvalue weighted by molar-refractivity contribution is 9.10. The fourth-order valence-electron chi connectivity index (χ4n) is 5.26. The fraction of sp³-hybridized carbons (Fsp3) is 0.632. The molecule has 1 heterocycles. The predicted molar refractivity (Wildman–Crippen MR) is 99.0 cm³/mol. The first kappa shape index (κ1) is 17.9. The van der Waals surface area contributed by atoms with Crippen molar-refractivity contribution in [1.82, 2.24) is 4.90 Å². The van der Waals surface area contributed by atoms with Gasteiger partial charge >= 0.3 is 6.09 Å². The number of hydrogen-bond donors (Lipinski definition) is 2. The van der Waals surface area contributed by atoms with Crippen LogP contribution in [0.4, 0.5) is 4.79 Å². The Labute approximate surface area is 161 Å². The van der Waals surface area contributed by atoms with Gasteiger partial charge in [-0.15, -0.1) is 0 Å². The van der Waals surface area contributed by atoms with Crippen LogP contribution in [-0.4, -0.2) is 53.1 Å². The van der Waals surface area contributed by atoms with Crippen LogP contribution in [0.2, 0.25) is 0 Å². The number of aliphatic hydroxyl groups is 1. The summed E-state index contributed by atoms with van der Waals surface area (Å²) in [7, 11) is 1.61. The maximum Gasteiger partial charge on any atom is 0.407 e. The maximum atomic E-state index is 11.9. The van der Waals surface area contributed by atoms with Crippen molar-refractivity contribution in [1.29, 1.82) is 0 Å². The lowest BCUT2D eigenvalue weighted by atomic mass is 9.62. The molecule has 0 bridgehead atoms. The van der Waals surface area contributed by atoms with E-state index in [1.54, 1.807) is 12.0 Å². The highest BCUT2D eigenvalue weighted by Crippen LogP contribution is 2.59. The topological polar surface area (TPSA) is 79.2 Å². The zero-order chi connectivity index (χ0) is 18.7. The van der Waals surface area contributed by atoms with Crippen molar-refractivity contribution in [3.05, 3.63) is 21.7 Å². The number of nitrogens with zero attached hydrogens (tertiary/aromatic N) is 1. The molecule has 0 spiro atoms. The van der Waals surface area contributed by atoms with E-state index in [1.165, 1.54) is 0 Å². The second-order valence-corrected chi connectivity index (χ2v) is 8.45. The van der Waals surface area contributed by atoms with Crippen molar-refractivity contribution < 1.29 is 24.5 Å². The Morgan fingerprint density at radius 2 is 2.23 bits per heavy atom. The Hall–Kier alpha value is -1.47. The van der Waals surface area contributed by atoms with Gasteiger partial charge in [-0.25, -0.2) is 4.79 Å². The molecule has 1 aromatic rings. The van der Waals surface area contributed by atoms with Crippen LogP contribution in [0.15, 0.2) is 10.5 Å². The molecule has 1 saturated carbocycles. The first-order valence-electron chi connectivity index (χ1n) is 9.12. The lowest BCUT2D eigenvalue weighted by Crippen LogP contribution is -2.56. The number of ether oxygens (including phenoxy) is 2. The van der Waals surface area contributed by atoms with E-state index >= 15 is 0 Å². The average Bonchev–Trinajstić information content (AvgIpc) is 3.00. The van der Waals surface area contributed by atoms with Gasteiger partial charge in [0, 0.05) is 28.5 Å². The number of carbonyl (C=O) groups is 1. The van der Waals surface area contributed by atoms with E-state index in [4.69, 9.17) is 9.47 Å². The molecule has 4 rings (SSSR count). The molecule has 0 aromatic heterocycles. The summed E-state index contributed by atoms with van der Waals surface area (Å²) in [5, 5.41) is 20.5. The molecule has 1 amide bonds. The van der Waals surface area contributed by atoms with Gasteiger partial charge in [-0.2, -0.15) is 0 Å². The van der Waals surface area contributed by atoms with E-state index in [2.05, 4.69) is 15.9 Å².